The van der Waals surface area contributed by atoms with Gasteiger partial charge in [0.05, 0.1) is 6.20 Å². The zero-order chi connectivity index (χ0) is 24.1. The molecule has 1 atom stereocenters. The van der Waals surface area contributed by atoms with E-state index >= 15 is 0 Å². The second kappa shape index (κ2) is 10.2. The number of rotatable bonds is 6. The quantitative estimate of drug-likeness (QED) is 0.394. The number of nitrogens with zero attached hydrogens (tertiary/aromatic N) is 3. The van der Waals surface area contributed by atoms with Crippen molar-refractivity contribution in [2.45, 2.75) is 13.0 Å². The smallest absolute Gasteiger partial charge is 0.279 e. The van der Waals surface area contributed by atoms with Crippen molar-refractivity contribution in [2.75, 3.05) is 10.2 Å². The molecule has 0 spiro atoms. The van der Waals surface area contributed by atoms with Gasteiger partial charge in [-0.2, -0.15) is 0 Å². The number of carbonyl (C=O) groups is 2. The molecule has 0 aliphatic carbocycles. The van der Waals surface area contributed by atoms with Gasteiger partial charge in [0, 0.05) is 28.8 Å². The minimum Gasteiger partial charge on any atom is -0.324 e. The van der Waals surface area contributed by atoms with E-state index in [9.17, 15) is 14.0 Å². The van der Waals surface area contributed by atoms with Crippen LogP contribution in [0.1, 0.15) is 27.7 Å². The highest BCUT2D eigenvalue weighted by molar-refractivity contribution is 6.30. The summed E-state index contributed by atoms with van der Waals surface area (Å²) in [4.78, 5) is 36.8. The Balaban J connectivity index is 1.83. The minimum atomic E-state index is -1.07. The van der Waals surface area contributed by atoms with Crippen LogP contribution in [0.3, 0.4) is 0 Å². The summed E-state index contributed by atoms with van der Waals surface area (Å²) in [5, 5.41) is 3.27. The number of halogens is 2. The van der Waals surface area contributed by atoms with Gasteiger partial charge in [0.2, 0.25) is 0 Å². The van der Waals surface area contributed by atoms with Crippen LogP contribution in [0.2, 0.25) is 5.02 Å². The van der Waals surface area contributed by atoms with Gasteiger partial charge in [-0.15, -0.1) is 0 Å². The highest BCUT2D eigenvalue weighted by Gasteiger charge is 2.34. The molecule has 34 heavy (non-hydrogen) atoms. The highest BCUT2D eigenvalue weighted by atomic mass is 35.5. The van der Waals surface area contributed by atoms with Crippen molar-refractivity contribution in [3.63, 3.8) is 0 Å². The monoisotopic (exact) mass is 474 g/mol. The fourth-order valence-corrected chi connectivity index (χ4v) is 3.55. The van der Waals surface area contributed by atoms with Gasteiger partial charge >= 0.3 is 0 Å². The van der Waals surface area contributed by atoms with Crippen LogP contribution in [0, 0.1) is 12.7 Å². The third-order valence-corrected chi connectivity index (χ3v) is 5.37. The van der Waals surface area contributed by atoms with Crippen molar-refractivity contribution >= 4 is 34.8 Å². The first-order valence-corrected chi connectivity index (χ1v) is 10.8. The van der Waals surface area contributed by atoms with Crippen molar-refractivity contribution in [1.29, 1.82) is 0 Å². The molecule has 1 N–H and O–H groups in total. The topological polar surface area (TPSA) is 75.2 Å². The summed E-state index contributed by atoms with van der Waals surface area (Å²) >= 11 is 6.07. The maximum atomic E-state index is 13.7. The number of hydrogen-bond donors (Lipinski definition) is 1. The van der Waals surface area contributed by atoms with E-state index in [4.69, 9.17) is 11.6 Å². The Bertz CT molecular complexity index is 1280. The summed E-state index contributed by atoms with van der Waals surface area (Å²) in [5.74, 6) is -1.42. The van der Waals surface area contributed by atoms with Gasteiger partial charge < -0.3 is 5.32 Å². The first kappa shape index (κ1) is 23.1. The van der Waals surface area contributed by atoms with E-state index in [1.54, 1.807) is 36.4 Å². The van der Waals surface area contributed by atoms with Crippen molar-refractivity contribution in [3.05, 3.63) is 119 Å². The number of hydrogen-bond acceptors (Lipinski definition) is 4. The van der Waals surface area contributed by atoms with E-state index in [1.165, 1.54) is 47.8 Å². The average Bonchev–Trinajstić information content (AvgIpc) is 2.85. The molecule has 0 aliphatic rings. The van der Waals surface area contributed by atoms with Gasteiger partial charge in [0.15, 0.2) is 0 Å². The minimum absolute atomic E-state index is 0.0733. The third-order valence-electron chi connectivity index (χ3n) is 5.12. The largest absolute Gasteiger partial charge is 0.324 e. The number of carbonyl (C=O) groups excluding carboxylic acids is 2. The molecule has 170 valence electrons. The van der Waals surface area contributed by atoms with E-state index in [-0.39, 0.29) is 5.69 Å². The van der Waals surface area contributed by atoms with E-state index in [0.29, 0.717) is 22.0 Å². The van der Waals surface area contributed by atoms with E-state index in [2.05, 4.69) is 15.3 Å². The molecule has 3 aromatic carbocycles. The number of anilines is 2. The van der Waals surface area contributed by atoms with Crippen LogP contribution in [0.25, 0.3) is 0 Å². The lowest BCUT2D eigenvalue weighted by molar-refractivity contribution is -0.117. The predicted octanol–water partition coefficient (Wildman–Crippen LogP) is 5.60. The summed E-state index contributed by atoms with van der Waals surface area (Å²) in [6.45, 7) is 1.93. The Morgan fingerprint density at radius 1 is 0.941 bits per heavy atom. The predicted molar refractivity (Wildman–Crippen MR) is 129 cm³/mol. The summed E-state index contributed by atoms with van der Waals surface area (Å²) in [5.41, 5.74) is 2.49. The van der Waals surface area contributed by atoms with Gasteiger partial charge in [-0.3, -0.25) is 19.5 Å². The number of nitrogens with one attached hydrogen (secondary N) is 1. The SMILES string of the molecule is Cc1ccc(C(C(=O)Nc2ccc(F)cc2)N(C(=O)c2cnccn2)c2ccc(Cl)cc2)cc1. The molecule has 0 aliphatic heterocycles. The summed E-state index contributed by atoms with van der Waals surface area (Å²) in [7, 11) is 0. The Morgan fingerprint density at radius 2 is 1.62 bits per heavy atom. The van der Waals surface area contributed by atoms with Gasteiger partial charge in [0.1, 0.15) is 17.6 Å². The van der Waals surface area contributed by atoms with Crippen molar-refractivity contribution in [1.82, 2.24) is 9.97 Å². The summed E-state index contributed by atoms with van der Waals surface area (Å²) in [6.07, 6.45) is 4.21. The Kier molecular flexibility index (Phi) is 6.94. The zero-order valence-corrected chi connectivity index (χ0v) is 18.9. The second-order valence-electron chi connectivity index (χ2n) is 7.55. The third kappa shape index (κ3) is 5.27. The van der Waals surface area contributed by atoms with Crippen LogP contribution in [-0.4, -0.2) is 21.8 Å². The van der Waals surface area contributed by atoms with Crippen molar-refractivity contribution in [3.8, 4) is 0 Å². The van der Waals surface area contributed by atoms with Gasteiger partial charge in [-0.05, 0) is 61.0 Å². The molecule has 0 saturated carbocycles. The van der Waals surface area contributed by atoms with Crippen LogP contribution in [0.15, 0.2) is 91.4 Å². The first-order chi connectivity index (χ1) is 16.4. The summed E-state index contributed by atoms with van der Waals surface area (Å²) < 4.78 is 13.4. The lowest BCUT2D eigenvalue weighted by Gasteiger charge is -2.31. The number of aryl methyl sites for hydroxylation is 1. The Morgan fingerprint density at radius 3 is 2.24 bits per heavy atom. The number of aromatic nitrogens is 2. The standard InChI is InChI=1S/C26H20ClFN4O2/c1-17-2-4-18(5-3-17)24(25(33)31-21-10-8-20(28)9-11-21)32(22-12-6-19(27)7-13-22)26(34)23-16-29-14-15-30-23/h2-16,24H,1H3,(H,31,33). The van der Waals surface area contributed by atoms with Crippen molar-refractivity contribution in [2.24, 2.45) is 0 Å². The summed E-state index contributed by atoms with van der Waals surface area (Å²) in [6, 6.07) is 18.2. The van der Waals surface area contributed by atoms with E-state index in [1.807, 2.05) is 19.1 Å². The molecule has 8 heteroatoms. The van der Waals surface area contributed by atoms with Crippen LogP contribution in [0.4, 0.5) is 15.8 Å². The number of amides is 2. The Labute approximate surface area is 201 Å². The highest BCUT2D eigenvalue weighted by Crippen LogP contribution is 2.31. The molecule has 4 aromatic rings. The van der Waals surface area contributed by atoms with Crippen molar-refractivity contribution < 1.29 is 14.0 Å². The maximum absolute atomic E-state index is 13.7. The molecule has 0 bridgehead atoms. The normalized spacial score (nSPS) is 11.5. The lowest BCUT2D eigenvalue weighted by Crippen LogP contribution is -2.42. The fourth-order valence-electron chi connectivity index (χ4n) is 3.43. The van der Waals surface area contributed by atoms with Crippen LogP contribution in [0.5, 0.6) is 0 Å². The van der Waals surface area contributed by atoms with Gasteiger partial charge in [-0.25, -0.2) is 9.37 Å². The van der Waals surface area contributed by atoms with E-state index < -0.39 is 23.7 Å². The second-order valence-corrected chi connectivity index (χ2v) is 7.99. The van der Waals surface area contributed by atoms with Gasteiger partial charge in [-0.1, -0.05) is 41.4 Å². The molecule has 0 fully saturated rings. The molecule has 1 aromatic heterocycles. The van der Waals surface area contributed by atoms with Crippen LogP contribution < -0.4 is 10.2 Å². The van der Waals surface area contributed by atoms with Gasteiger partial charge in [0.25, 0.3) is 11.8 Å². The van der Waals surface area contributed by atoms with Crippen LogP contribution in [-0.2, 0) is 4.79 Å². The average molecular weight is 475 g/mol. The molecule has 1 unspecified atom stereocenters. The van der Waals surface area contributed by atoms with E-state index in [0.717, 1.165) is 5.56 Å². The molecule has 0 saturated heterocycles. The molecular formula is C26H20ClFN4O2. The number of benzene rings is 3. The lowest BCUT2D eigenvalue weighted by atomic mass is 10.0. The fraction of sp³-hybridized carbons (Fsp3) is 0.0769. The molecular weight excluding hydrogens is 455 g/mol. The maximum Gasteiger partial charge on any atom is 0.279 e. The van der Waals surface area contributed by atoms with Crippen LogP contribution >= 0.6 is 11.6 Å². The molecule has 1 heterocycles. The Hall–Kier alpha value is -4.10. The molecule has 0 radical (unpaired) electrons. The molecule has 4 rings (SSSR count). The zero-order valence-electron chi connectivity index (χ0n) is 18.2. The first-order valence-electron chi connectivity index (χ1n) is 10.4. The molecule has 6 nitrogen and oxygen atoms in total. The molecule has 2 amide bonds.